The van der Waals surface area contributed by atoms with E-state index in [1.165, 1.54) is 25.3 Å². The lowest BCUT2D eigenvalue weighted by atomic mass is 9.93. The summed E-state index contributed by atoms with van der Waals surface area (Å²) in [6.45, 7) is -0.0658. The van der Waals surface area contributed by atoms with Crippen molar-refractivity contribution >= 4 is 17.6 Å². The lowest BCUT2D eigenvalue weighted by molar-refractivity contribution is -0.120. The molecule has 3 N–H and O–H groups in total. The Morgan fingerprint density at radius 3 is 2.44 bits per heavy atom. The van der Waals surface area contributed by atoms with Gasteiger partial charge in [0.2, 0.25) is 5.91 Å². The second-order valence-electron chi connectivity index (χ2n) is 5.91. The second-order valence-corrected chi connectivity index (χ2v) is 5.91. The van der Waals surface area contributed by atoms with Crippen LogP contribution in [0.25, 0.3) is 0 Å². The molecule has 1 saturated heterocycles. The molecule has 2 atom stereocenters. The van der Waals surface area contributed by atoms with Crippen LogP contribution in [0.15, 0.2) is 36.4 Å². The van der Waals surface area contributed by atoms with Crippen LogP contribution in [-0.2, 0) is 4.79 Å². The summed E-state index contributed by atoms with van der Waals surface area (Å²) in [7, 11) is 1.27. The Kier molecular flexibility index (Phi) is 5.20. The van der Waals surface area contributed by atoms with Crippen molar-refractivity contribution < 1.29 is 27.5 Å². The standard InChI is InChI=1S/C18H16F3N3O3/c1-27-9-6-12(20)15(13(21)7-9)10-8-22-17(25)16(10)24-18(26)23-14-5-3-2-4-11(14)19/h2-7,10,16H,8H2,1H3,(H,22,25)(H2,23,24,26). The molecule has 0 saturated carbocycles. The molecule has 3 rings (SSSR count). The summed E-state index contributed by atoms with van der Waals surface area (Å²) in [4.78, 5) is 24.2. The van der Waals surface area contributed by atoms with Crippen molar-refractivity contribution in [2.24, 2.45) is 0 Å². The molecular weight excluding hydrogens is 363 g/mol. The van der Waals surface area contributed by atoms with E-state index in [-0.39, 0.29) is 23.5 Å². The van der Waals surface area contributed by atoms with Gasteiger partial charge in [0.25, 0.3) is 0 Å². The van der Waals surface area contributed by atoms with E-state index < -0.39 is 41.3 Å². The quantitative estimate of drug-likeness (QED) is 0.764. The van der Waals surface area contributed by atoms with Gasteiger partial charge in [0, 0.05) is 30.2 Å². The summed E-state index contributed by atoms with van der Waals surface area (Å²) in [5, 5.41) is 7.07. The SMILES string of the molecule is COc1cc(F)c(C2CNC(=O)C2NC(=O)Nc2ccccc2F)c(F)c1. The van der Waals surface area contributed by atoms with Crippen molar-refractivity contribution in [3.05, 3.63) is 59.4 Å². The van der Waals surface area contributed by atoms with E-state index in [1.807, 2.05) is 0 Å². The zero-order valence-electron chi connectivity index (χ0n) is 14.2. The fraction of sp³-hybridized carbons (Fsp3) is 0.222. The van der Waals surface area contributed by atoms with E-state index >= 15 is 0 Å². The number of rotatable bonds is 4. The highest BCUT2D eigenvalue weighted by molar-refractivity contribution is 5.95. The molecule has 1 aliphatic heterocycles. The molecule has 0 spiro atoms. The number of carbonyl (C=O) groups excluding carboxylic acids is 2. The summed E-state index contributed by atoms with van der Waals surface area (Å²) in [5.41, 5.74) is -0.433. The number of urea groups is 1. The number of halogens is 3. The van der Waals surface area contributed by atoms with Crippen molar-refractivity contribution in [3.8, 4) is 5.75 Å². The van der Waals surface area contributed by atoms with Crippen molar-refractivity contribution in [2.75, 3.05) is 19.0 Å². The van der Waals surface area contributed by atoms with Crippen LogP contribution < -0.4 is 20.7 Å². The molecule has 0 aliphatic carbocycles. The van der Waals surface area contributed by atoms with Crippen LogP contribution in [0, 0.1) is 17.5 Å². The molecule has 142 valence electrons. The van der Waals surface area contributed by atoms with Crippen molar-refractivity contribution in [1.82, 2.24) is 10.6 Å². The predicted molar refractivity (Wildman–Crippen MR) is 91.0 cm³/mol. The Labute approximate surface area is 152 Å². The number of benzene rings is 2. The normalized spacial score (nSPS) is 18.7. The van der Waals surface area contributed by atoms with Gasteiger partial charge < -0.3 is 20.7 Å². The molecule has 2 unspecified atom stereocenters. The molecule has 3 amide bonds. The number of carbonyl (C=O) groups is 2. The minimum absolute atomic E-state index is 0.00663. The minimum atomic E-state index is -1.23. The Hall–Kier alpha value is -3.23. The van der Waals surface area contributed by atoms with Gasteiger partial charge >= 0.3 is 6.03 Å². The molecule has 2 aromatic carbocycles. The summed E-state index contributed by atoms with van der Waals surface area (Å²) in [6, 6.07) is 5.36. The number of hydrogen-bond donors (Lipinski definition) is 3. The van der Waals surface area contributed by atoms with Crippen LogP contribution in [-0.4, -0.2) is 31.6 Å². The lowest BCUT2D eigenvalue weighted by Crippen LogP contribution is -2.45. The van der Waals surface area contributed by atoms with Gasteiger partial charge in [-0.2, -0.15) is 0 Å². The maximum atomic E-state index is 14.4. The maximum absolute atomic E-state index is 14.4. The van der Waals surface area contributed by atoms with E-state index in [4.69, 9.17) is 4.74 Å². The Morgan fingerprint density at radius 1 is 1.15 bits per heavy atom. The van der Waals surface area contributed by atoms with Crippen LogP contribution in [0.1, 0.15) is 11.5 Å². The van der Waals surface area contributed by atoms with Crippen LogP contribution in [0.4, 0.5) is 23.7 Å². The molecule has 6 nitrogen and oxygen atoms in total. The van der Waals surface area contributed by atoms with Crippen molar-refractivity contribution in [3.63, 3.8) is 0 Å². The highest BCUT2D eigenvalue weighted by Crippen LogP contribution is 2.31. The molecule has 0 radical (unpaired) electrons. The van der Waals surface area contributed by atoms with Gasteiger partial charge in [0.15, 0.2) is 0 Å². The van der Waals surface area contributed by atoms with E-state index in [9.17, 15) is 22.8 Å². The summed E-state index contributed by atoms with van der Waals surface area (Å²) < 4.78 is 47.1. The third-order valence-corrected chi connectivity index (χ3v) is 4.25. The number of hydrogen-bond acceptors (Lipinski definition) is 3. The van der Waals surface area contributed by atoms with Crippen LogP contribution in [0.3, 0.4) is 0 Å². The predicted octanol–water partition coefficient (Wildman–Crippen LogP) is 2.52. The Bertz CT molecular complexity index is 868. The highest BCUT2D eigenvalue weighted by atomic mass is 19.1. The number of amides is 3. The smallest absolute Gasteiger partial charge is 0.319 e. The van der Waals surface area contributed by atoms with E-state index in [0.29, 0.717) is 0 Å². The first-order chi connectivity index (χ1) is 12.9. The summed E-state index contributed by atoms with van der Waals surface area (Å²) in [5.74, 6) is -4.03. The average Bonchev–Trinajstić information content (AvgIpc) is 2.97. The van der Waals surface area contributed by atoms with E-state index in [0.717, 1.165) is 18.2 Å². The van der Waals surface area contributed by atoms with E-state index in [1.54, 1.807) is 0 Å². The second kappa shape index (κ2) is 7.56. The molecule has 9 heteroatoms. The number of para-hydroxylation sites is 1. The van der Waals surface area contributed by atoms with Gasteiger partial charge in [0.1, 0.15) is 29.2 Å². The largest absolute Gasteiger partial charge is 0.497 e. The lowest BCUT2D eigenvalue weighted by Gasteiger charge is -2.20. The number of ether oxygens (including phenoxy) is 1. The van der Waals surface area contributed by atoms with Gasteiger partial charge in [-0.3, -0.25) is 4.79 Å². The molecular formula is C18H16F3N3O3. The van der Waals surface area contributed by atoms with E-state index in [2.05, 4.69) is 16.0 Å². The average molecular weight is 379 g/mol. The van der Waals surface area contributed by atoms with Gasteiger partial charge in [-0.05, 0) is 12.1 Å². The fourth-order valence-electron chi connectivity index (χ4n) is 2.95. The molecule has 0 bridgehead atoms. The monoisotopic (exact) mass is 379 g/mol. The summed E-state index contributed by atoms with van der Waals surface area (Å²) >= 11 is 0. The molecule has 0 aromatic heterocycles. The van der Waals surface area contributed by atoms with Gasteiger partial charge in [-0.25, -0.2) is 18.0 Å². The third kappa shape index (κ3) is 3.81. The molecule has 27 heavy (non-hydrogen) atoms. The number of nitrogens with one attached hydrogen (secondary N) is 3. The molecule has 1 aliphatic rings. The van der Waals surface area contributed by atoms with Gasteiger partial charge in [-0.15, -0.1) is 0 Å². The topological polar surface area (TPSA) is 79.5 Å². The minimum Gasteiger partial charge on any atom is -0.497 e. The zero-order chi connectivity index (χ0) is 19.6. The first kappa shape index (κ1) is 18.6. The van der Waals surface area contributed by atoms with Crippen LogP contribution >= 0.6 is 0 Å². The number of anilines is 1. The van der Waals surface area contributed by atoms with Crippen molar-refractivity contribution in [2.45, 2.75) is 12.0 Å². The highest BCUT2D eigenvalue weighted by Gasteiger charge is 2.40. The fourth-order valence-corrected chi connectivity index (χ4v) is 2.95. The van der Waals surface area contributed by atoms with Gasteiger partial charge in [0.05, 0.1) is 12.8 Å². The molecule has 1 fully saturated rings. The van der Waals surface area contributed by atoms with Gasteiger partial charge in [-0.1, -0.05) is 12.1 Å². The maximum Gasteiger partial charge on any atom is 0.319 e. The third-order valence-electron chi connectivity index (χ3n) is 4.25. The first-order valence-electron chi connectivity index (χ1n) is 8.03. The Morgan fingerprint density at radius 2 is 1.81 bits per heavy atom. The summed E-state index contributed by atoms with van der Waals surface area (Å²) in [6.07, 6.45) is 0. The molecule has 1 heterocycles. The molecule has 2 aromatic rings. The van der Waals surface area contributed by atoms with Crippen molar-refractivity contribution in [1.29, 1.82) is 0 Å². The number of methoxy groups -OCH3 is 1. The Balaban J connectivity index is 1.81. The van der Waals surface area contributed by atoms with Crippen LogP contribution in [0.2, 0.25) is 0 Å². The van der Waals surface area contributed by atoms with Crippen LogP contribution in [0.5, 0.6) is 5.75 Å². The zero-order valence-corrected chi connectivity index (χ0v) is 14.2. The first-order valence-corrected chi connectivity index (χ1v) is 8.03.